The van der Waals surface area contributed by atoms with Gasteiger partial charge in [-0.05, 0) is 19.1 Å². The van der Waals surface area contributed by atoms with Crippen LogP contribution in [0.15, 0.2) is 31.3 Å². The predicted octanol–water partition coefficient (Wildman–Crippen LogP) is 0.249. The van der Waals surface area contributed by atoms with E-state index in [1.807, 2.05) is 19.1 Å². The lowest BCUT2D eigenvalue weighted by Gasteiger charge is -2.12. The van der Waals surface area contributed by atoms with Crippen LogP contribution in [-0.4, -0.2) is 23.3 Å². The van der Waals surface area contributed by atoms with Crippen molar-refractivity contribution in [3.05, 3.63) is 58.7 Å². The van der Waals surface area contributed by atoms with Crippen LogP contribution in [0.5, 0.6) is 0 Å². The molecule has 0 saturated heterocycles. The van der Waals surface area contributed by atoms with E-state index in [2.05, 4.69) is 4.98 Å². The lowest BCUT2D eigenvalue weighted by molar-refractivity contribution is 0.696. The molecule has 0 saturated carbocycles. The Labute approximate surface area is 173 Å². The largest absolute Gasteiger partial charge is 0.384 e. The molecule has 30 heavy (non-hydrogen) atoms. The van der Waals surface area contributed by atoms with Gasteiger partial charge in [0.1, 0.15) is 11.5 Å². The van der Waals surface area contributed by atoms with Gasteiger partial charge in [0.25, 0.3) is 11.1 Å². The Morgan fingerprint density at radius 2 is 1.43 bits per heavy atom. The second kappa shape index (κ2) is 6.46. The minimum atomic E-state index is -0.623. The fraction of sp³-hybridized carbons (Fsp3) is 0.263. The van der Waals surface area contributed by atoms with Crippen LogP contribution >= 0.6 is 11.3 Å². The Kier molecular flexibility index (Phi) is 4.24. The molecule has 0 bridgehead atoms. The molecule has 10 nitrogen and oxygen atoms in total. The molecule has 0 aliphatic carbocycles. The maximum atomic E-state index is 13.1. The van der Waals surface area contributed by atoms with Gasteiger partial charge in [0.05, 0.1) is 21.5 Å². The fourth-order valence-electron chi connectivity index (χ4n) is 3.62. The molecule has 0 aliphatic heterocycles. The summed E-state index contributed by atoms with van der Waals surface area (Å²) >= 11 is 1.46. The van der Waals surface area contributed by atoms with Gasteiger partial charge in [-0.1, -0.05) is 0 Å². The van der Waals surface area contributed by atoms with Crippen molar-refractivity contribution in [2.24, 2.45) is 28.2 Å². The zero-order chi connectivity index (χ0) is 22.1. The highest BCUT2D eigenvalue weighted by Crippen LogP contribution is 2.39. The van der Waals surface area contributed by atoms with Gasteiger partial charge in [-0.15, -0.1) is 11.3 Å². The molecular formula is C19H20N6O4S. The average Bonchev–Trinajstić information content (AvgIpc) is 3.32. The Hall–Kier alpha value is -3.60. The summed E-state index contributed by atoms with van der Waals surface area (Å²) in [5, 5.41) is 0.156. The molecule has 4 rings (SSSR count). The van der Waals surface area contributed by atoms with Gasteiger partial charge < -0.3 is 10.7 Å². The van der Waals surface area contributed by atoms with Gasteiger partial charge in [-0.2, -0.15) is 0 Å². The summed E-state index contributed by atoms with van der Waals surface area (Å²) in [7, 11) is 5.72. The molecule has 4 aromatic heterocycles. The number of fused-ring (bicyclic) bond motifs is 1. The zero-order valence-electron chi connectivity index (χ0n) is 17.1. The normalized spacial score (nSPS) is 11.5. The third-order valence-corrected chi connectivity index (χ3v) is 6.37. The van der Waals surface area contributed by atoms with Crippen LogP contribution < -0.4 is 28.2 Å². The minimum Gasteiger partial charge on any atom is -0.384 e. The molecule has 0 unspecified atom stereocenters. The van der Waals surface area contributed by atoms with Gasteiger partial charge >= 0.3 is 11.4 Å². The molecule has 156 valence electrons. The third-order valence-electron chi connectivity index (χ3n) is 5.35. The van der Waals surface area contributed by atoms with Crippen LogP contribution in [0.25, 0.3) is 32.7 Å². The first-order chi connectivity index (χ1) is 14.1. The Balaban J connectivity index is 2.35. The van der Waals surface area contributed by atoms with Crippen LogP contribution in [-0.2, 0) is 28.2 Å². The van der Waals surface area contributed by atoms with E-state index in [1.165, 1.54) is 44.1 Å². The monoisotopic (exact) mass is 428 g/mol. The van der Waals surface area contributed by atoms with Crippen LogP contribution in [0.4, 0.5) is 5.82 Å². The zero-order valence-corrected chi connectivity index (χ0v) is 17.9. The molecule has 0 radical (unpaired) electrons. The Morgan fingerprint density at radius 3 is 2.03 bits per heavy atom. The number of thiophene rings is 1. The Bertz CT molecular complexity index is 1590. The number of nitrogens with zero attached hydrogens (tertiary/aromatic N) is 4. The van der Waals surface area contributed by atoms with E-state index >= 15 is 0 Å². The van der Waals surface area contributed by atoms with E-state index in [0.29, 0.717) is 5.69 Å². The van der Waals surface area contributed by atoms with Crippen molar-refractivity contribution in [1.29, 1.82) is 0 Å². The lowest BCUT2D eigenvalue weighted by atomic mass is 10.0. The SMILES string of the molecule is Cc1ccc(-c2[nH]c3c(c2-c2c(N)n(C)c(=O)n(C)c2=O)c(=O)n(C)c(=O)n3C)s1. The number of nitrogens with two attached hydrogens (primary N) is 1. The summed E-state index contributed by atoms with van der Waals surface area (Å²) in [4.78, 5) is 55.9. The average molecular weight is 428 g/mol. The smallest absolute Gasteiger partial charge is 0.332 e. The van der Waals surface area contributed by atoms with Crippen molar-refractivity contribution in [3.63, 3.8) is 0 Å². The molecule has 11 heteroatoms. The topological polar surface area (TPSA) is 130 Å². The number of aromatic nitrogens is 5. The molecular weight excluding hydrogens is 408 g/mol. The number of rotatable bonds is 2. The predicted molar refractivity (Wildman–Crippen MR) is 117 cm³/mol. The maximum Gasteiger partial charge on any atom is 0.332 e. The summed E-state index contributed by atoms with van der Waals surface area (Å²) in [5.74, 6) is -0.0607. The first kappa shape index (κ1) is 19.7. The standard InChI is InChI=1S/C19H20N6O4S/c1-8-6-7-9(30-8)13-10(11-14(20)22(2)18(28)24(4)16(11)26)12-15(21-13)23(3)19(29)25(5)17(12)27/h6-7,21H,20H2,1-5H3. The fourth-order valence-corrected chi connectivity index (χ4v) is 4.49. The van der Waals surface area contributed by atoms with Gasteiger partial charge in [0, 0.05) is 38.6 Å². The van der Waals surface area contributed by atoms with Crippen LogP contribution in [0.3, 0.4) is 0 Å². The summed E-state index contributed by atoms with van der Waals surface area (Å²) in [6.07, 6.45) is 0. The summed E-state index contributed by atoms with van der Waals surface area (Å²) in [6, 6.07) is 3.77. The number of nitrogen functional groups attached to an aromatic ring is 1. The quantitative estimate of drug-likeness (QED) is 0.473. The van der Waals surface area contributed by atoms with Crippen LogP contribution in [0.2, 0.25) is 0 Å². The second-order valence-electron chi connectivity index (χ2n) is 7.18. The van der Waals surface area contributed by atoms with Gasteiger partial charge in [-0.25, -0.2) is 9.59 Å². The van der Waals surface area contributed by atoms with E-state index in [9.17, 15) is 19.2 Å². The number of aromatic amines is 1. The third kappa shape index (κ3) is 2.48. The van der Waals surface area contributed by atoms with E-state index in [1.54, 1.807) is 0 Å². The maximum absolute atomic E-state index is 13.1. The van der Waals surface area contributed by atoms with E-state index < -0.39 is 22.5 Å². The highest BCUT2D eigenvalue weighted by Gasteiger charge is 2.27. The number of aryl methyl sites for hydroxylation is 2. The molecule has 0 fully saturated rings. The van der Waals surface area contributed by atoms with E-state index in [-0.39, 0.29) is 28.0 Å². The number of nitrogens with one attached hydrogen (secondary N) is 1. The molecule has 3 N–H and O–H groups in total. The van der Waals surface area contributed by atoms with Crippen molar-refractivity contribution in [2.45, 2.75) is 6.92 Å². The number of hydrogen-bond acceptors (Lipinski definition) is 6. The number of H-pyrrole nitrogens is 1. The second-order valence-corrected chi connectivity index (χ2v) is 8.47. The van der Waals surface area contributed by atoms with Crippen LogP contribution in [0.1, 0.15) is 4.88 Å². The van der Waals surface area contributed by atoms with Crippen molar-refractivity contribution < 1.29 is 0 Å². The minimum absolute atomic E-state index is 0.0302. The van der Waals surface area contributed by atoms with Crippen molar-refractivity contribution in [3.8, 4) is 21.7 Å². The highest BCUT2D eigenvalue weighted by atomic mass is 32.1. The molecule has 0 atom stereocenters. The molecule has 0 spiro atoms. The number of hydrogen-bond donors (Lipinski definition) is 2. The number of anilines is 1. The Morgan fingerprint density at radius 1 is 0.833 bits per heavy atom. The van der Waals surface area contributed by atoms with Gasteiger partial charge in [0.15, 0.2) is 0 Å². The summed E-state index contributed by atoms with van der Waals surface area (Å²) in [6.45, 7) is 1.94. The lowest BCUT2D eigenvalue weighted by Crippen LogP contribution is -2.39. The molecule has 0 amide bonds. The molecule has 0 aliphatic rings. The highest BCUT2D eigenvalue weighted by molar-refractivity contribution is 7.15. The van der Waals surface area contributed by atoms with Gasteiger partial charge in [-0.3, -0.25) is 27.9 Å². The first-order valence-corrected chi connectivity index (χ1v) is 9.82. The van der Waals surface area contributed by atoms with E-state index in [0.717, 1.165) is 23.5 Å². The van der Waals surface area contributed by atoms with Crippen molar-refractivity contribution in [1.82, 2.24) is 23.3 Å². The van der Waals surface area contributed by atoms with E-state index in [4.69, 9.17) is 5.73 Å². The summed E-state index contributed by atoms with van der Waals surface area (Å²) < 4.78 is 4.39. The molecule has 4 aromatic rings. The molecule has 0 aromatic carbocycles. The van der Waals surface area contributed by atoms with Crippen molar-refractivity contribution in [2.75, 3.05) is 5.73 Å². The van der Waals surface area contributed by atoms with Crippen molar-refractivity contribution >= 4 is 28.2 Å². The van der Waals surface area contributed by atoms with Gasteiger partial charge in [0.2, 0.25) is 0 Å². The van der Waals surface area contributed by atoms with Crippen LogP contribution in [0, 0.1) is 6.92 Å². The molecule has 4 heterocycles. The first-order valence-electron chi connectivity index (χ1n) is 9.00. The summed E-state index contributed by atoms with van der Waals surface area (Å²) in [5.41, 5.74) is 5.01.